The molecule has 0 aliphatic rings. The third-order valence-corrected chi connectivity index (χ3v) is 6.31. The van der Waals surface area contributed by atoms with Crippen molar-refractivity contribution in [1.29, 1.82) is 0 Å². The summed E-state index contributed by atoms with van der Waals surface area (Å²) in [6.07, 6.45) is 0. The molecule has 1 heterocycles. The van der Waals surface area contributed by atoms with Crippen molar-refractivity contribution in [2.24, 2.45) is 5.73 Å². The van der Waals surface area contributed by atoms with Crippen LogP contribution in [0.25, 0.3) is 32.9 Å². The van der Waals surface area contributed by atoms with Crippen molar-refractivity contribution in [1.82, 2.24) is 4.57 Å². The summed E-state index contributed by atoms with van der Waals surface area (Å²) in [6, 6.07) is 25.4. The second-order valence-electron chi connectivity index (χ2n) is 8.19. The van der Waals surface area contributed by atoms with E-state index in [1.54, 1.807) is 42.5 Å². The van der Waals surface area contributed by atoms with Crippen molar-refractivity contribution in [3.05, 3.63) is 107 Å². The number of Topliss-reactive ketones (excluding diaryl/α,β-unsaturated/α-hetero) is 1. The van der Waals surface area contributed by atoms with Gasteiger partial charge in [-0.15, -0.1) is 0 Å². The Bertz CT molecular complexity index is 1640. The lowest BCUT2D eigenvalue weighted by Crippen LogP contribution is -2.14. The van der Waals surface area contributed by atoms with Crippen molar-refractivity contribution in [3.63, 3.8) is 0 Å². The van der Waals surface area contributed by atoms with E-state index in [9.17, 15) is 19.5 Å². The molecule has 3 N–H and O–H groups in total. The maximum absolute atomic E-state index is 12.9. The van der Waals surface area contributed by atoms with Crippen LogP contribution in [0.3, 0.4) is 0 Å². The van der Waals surface area contributed by atoms with Crippen LogP contribution >= 0.6 is 11.6 Å². The number of benzene rings is 4. The number of rotatable bonds is 6. The molecule has 0 saturated heterocycles. The Labute approximate surface area is 205 Å². The average Bonchev–Trinajstić information content (AvgIpc) is 3.17. The lowest BCUT2D eigenvalue weighted by molar-refractivity contribution is -0.131. The SMILES string of the molecule is NC(=O)c1cccc2c1c1c(C(=O)C(=O)O)cc(-c3ccc(Cl)cc3)cc1n2Cc1ccccc1. The van der Waals surface area contributed by atoms with E-state index < -0.39 is 17.7 Å². The molecular weight excluding hydrogens is 464 g/mol. The molecule has 0 aliphatic heterocycles. The molecule has 0 atom stereocenters. The third kappa shape index (κ3) is 3.94. The minimum Gasteiger partial charge on any atom is -0.475 e. The van der Waals surface area contributed by atoms with Crippen LogP contribution in [0, 0.1) is 0 Å². The number of carbonyl (C=O) groups is 3. The van der Waals surface area contributed by atoms with Crippen LogP contribution in [-0.4, -0.2) is 27.3 Å². The van der Waals surface area contributed by atoms with Crippen LogP contribution in [-0.2, 0) is 11.3 Å². The van der Waals surface area contributed by atoms with Crippen LogP contribution < -0.4 is 5.73 Å². The summed E-state index contributed by atoms with van der Waals surface area (Å²) in [7, 11) is 0. The summed E-state index contributed by atoms with van der Waals surface area (Å²) in [5.74, 6) is -3.31. The minimum absolute atomic E-state index is 0.00883. The molecule has 6 nitrogen and oxygen atoms in total. The minimum atomic E-state index is -1.58. The predicted octanol–water partition coefficient (Wildman–Crippen LogP) is 5.53. The van der Waals surface area contributed by atoms with Crippen LogP contribution in [0.2, 0.25) is 5.02 Å². The quantitative estimate of drug-likeness (QED) is 0.245. The number of hydrogen-bond acceptors (Lipinski definition) is 3. The molecule has 5 rings (SSSR count). The number of nitrogens with two attached hydrogens (primary N) is 1. The molecule has 35 heavy (non-hydrogen) atoms. The molecule has 7 heteroatoms. The molecule has 4 aromatic carbocycles. The highest BCUT2D eigenvalue weighted by atomic mass is 35.5. The highest BCUT2D eigenvalue weighted by Crippen LogP contribution is 2.38. The highest BCUT2D eigenvalue weighted by Gasteiger charge is 2.26. The molecule has 172 valence electrons. The Balaban J connectivity index is 1.94. The average molecular weight is 483 g/mol. The monoisotopic (exact) mass is 482 g/mol. The number of hydrogen-bond donors (Lipinski definition) is 2. The molecule has 5 aromatic rings. The number of aliphatic carboxylic acids is 1. The molecule has 0 unspecified atom stereocenters. The van der Waals surface area contributed by atoms with Gasteiger partial charge in [0.25, 0.3) is 5.78 Å². The molecule has 0 spiro atoms. The number of carboxylic acids is 1. The van der Waals surface area contributed by atoms with Gasteiger partial charge in [0.05, 0.1) is 11.0 Å². The number of ketones is 1. The van der Waals surface area contributed by atoms with E-state index in [1.165, 1.54) is 0 Å². The number of fused-ring (bicyclic) bond motifs is 3. The fourth-order valence-electron chi connectivity index (χ4n) is 4.50. The van der Waals surface area contributed by atoms with E-state index in [0.29, 0.717) is 38.9 Å². The fraction of sp³-hybridized carbons (Fsp3) is 0.0357. The Morgan fingerprint density at radius 3 is 2.11 bits per heavy atom. The molecular formula is C28H19ClN2O4. The first-order valence-corrected chi connectivity index (χ1v) is 11.2. The smallest absolute Gasteiger partial charge is 0.377 e. The molecule has 0 saturated carbocycles. The zero-order valence-corrected chi connectivity index (χ0v) is 19.1. The largest absolute Gasteiger partial charge is 0.475 e. The molecule has 1 aromatic heterocycles. The molecule has 0 radical (unpaired) electrons. The summed E-state index contributed by atoms with van der Waals surface area (Å²) in [5, 5.41) is 11.0. The van der Waals surface area contributed by atoms with Gasteiger partial charge in [-0.1, -0.05) is 60.1 Å². The summed E-state index contributed by atoms with van der Waals surface area (Å²) in [5.41, 5.74) is 9.61. The Morgan fingerprint density at radius 1 is 0.771 bits per heavy atom. The molecule has 0 bridgehead atoms. The van der Waals surface area contributed by atoms with Crippen LogP contribution in [0.5, 0.6) is 0 Å². The lowest BCUT2D eigenvalue weighted by Gasteiger charge is -2.11. The Kier molecular flexibility index (Phi) is 5.59. The van der Waals surface area contributed by atoms with Gasteiger partial charge in [0.15, 0.2) is 0 Å². The van der Waals surface area contributed by atoms with Gasteiger partial charge in [0.2, 0.25) is 5.91 Å². The van der Waals surface area contributed by atoms with Crippen molar-refractivity contribution in [2.75, 3.05) is 0 Å². The number of aromatic nitrogens is 1. The van der Waals surface area contributed by atoms with Crippen molar-refractivity contribution >= 4 is 51.1 Å². The van der Waals surface area contributed by atoms with E-state index in [0.717, 1.165) is 11.1 Å². The van der Waals surface area contributed by atoms with Gasteiger partial charge >= 0.3 is 5.97 Å². The molecule has 1 amide bonds. The Hall–Kier alpha value is -4.42. The number of carbonyl (C=O) groups excluding carboxylic acids is 2. The molecule has 0 aliphatic carbocycles. The number of halogens is 1. The second kappa shape index (κ2) is 8.74. The summed E-state index contributed by atoms with van der Waals surface area (Å²) in [6.45, 7) is 0.438. The fourth-order valence-corrected chi connectivity index (χ4v) is 4.63. The van der Waals surface area contributed by atoms with Gasteiger partial charge in [-0.05, 0) is 53.1 Å². The summed E-state index contributed by atoms with van der Waals surface area (Å²) < 4.78 is 1.98. The van der Waals surface area contributed by atoms with Crippen molar-refractivity contribution < 1.29 is 19.5 Å². The van der Waals surface area contributed by atoms with Crippen molar-refractivity contribution in [2.45, 2.75) is 6.54 Å². The summed E-state index contributed by atoms with van der Waals surface area (Å²) in [4.78, 5) is 37.1. The second-order valence-corrected chi connectivity index (χ2v) is 8.63. The lowest BCUT2D eigenvalue weighted by atomic mass is 9.95. The Morgan fingerprint density at radius 2 is 1.46 bits per heavy atom. The van der Waals surface area contributed by atoms with Crippen LogP contribution in [0.4, 0.5) is 0 Å². The third-order valence-electron chi connectivity index (χ3n) is 6.06. The van der Waals surface area contributed by atoms with Crippen LogP contribution in [0.1, 0.15) is 26.3 Å². The van der Waals surface area contributed by atoms with E-state index >= 15 is 0 Å². The predicted molar refractivity (Wildman–Crippen MR) is 136 cm³/mol. The highest BCUT2D eigenvalue weighted by molar-refractivity contribution is 6.44. The van der Waals surface area contributed by atoms with E-state index in [-0.39, 0.29) is 11.1 Å². The topological polar surface area (TPSA) is 102 Å². The van der Waals surface area contributed by atoms with Gasteiger partial charge in [0.1, 0.15) is 0 Å². The van der Waals surface area contributed by atoms with Gasteiger partial charge < -0.3 is 15.4 Å². The van der Waals surface area contributed by atoms with Gasteiger partial charge in [-0.2, -0.15) is 0 Å². The number of carboxylic acid groups (broad SMARTS) is 1. The van der Waals surface area contributed by atoms with E-state index in [1.807, 2.05) is 47.0 Å². The maximum atomic E-state index is 12.9. The van der Waals surface area contributed by atoms with Crippen molar-refractivity contribution in [3.8, 4) is 11.1 Å². The standard InChI is InChI=1S/C28H19ClN2O4/c29-19-11-9-17(10-12-19)18-13-21(26(32)28(34)35)25-23(14-18)31(15-16-5-2-1-3-6-16)22-8-4-7-20(24(22)25)27(30)33/h1-14H,15H2,(H2,30,33)(H,34,35). The summed E-state index contributed by atoms with van der Waals surface area (Å²) >= 11 is 6.05. The normalized spacial score (nSPS) is 11.1. The van der Waals surface area contributed by atoms with Gasteiger partial charge in [-0.3, -0.25) is 9.59 Å². The van der Waals surface area contributed by atoms with Gasteiger partial charge in [0, 0.05) is 33.5 Å². The van der Waals surface area contributed by atoms with E-state index in [4.69, 9.17) is 17.3 Å². The maximum Gasteiger partial charge on any atom is 0.377 e. The zero-order valence-electron chi connectivity index (χ0n) is 18.4. The number of amides is 1. The van der Waals surface area contributed by atoms with Crippen LogP contribution in [0.15, 0.2) is 84.9 Å². The molecule has 0 fully saturated rings. The number of primary amides is 1. The first kappa shape index (κ1) is 22.4. The first-order chi connectivity index (χ1) is 16.8. The van der Waals surface area contributed by atoms with E-state index in [2.05, 4.69) is 0 Å². The number of nitrogens with zero attached hydrogens (tertiary/aromatic N) is 1. The first-order valence-electron chi connectivity index (χ1n) is 10.8. The zero-order chi connectivity index (χ0) is 24.7. The van der Waals surface area contributed by atoms with Gasteiger partial charge in [-0.25, -0.2) is 4.79 Å².